The Morgan fingerprint density at radius 2 is 2.20 bits per heavy atom. The minimum absolute atomic E-state index is 0.00213. The number of aryl methyl sites for hydroxylation is 1. The highest BCUT2D eigenvalue weighted by atomic mass is 16.5. The zero-order chi connectivity index (χ0) is 11.3. The molecular weight excluding hydrogens is 192 g/mol. The summed E-state index contributed by atoms with van der Waals surface area (Å²) in [5, 5.41) is 8.62. The Morgan fingerprint density at radius 3 is 2.80 bits per heavy atom. The van der Waals surface area contributed by atoms with E-state index in [1.54, 1.807) is 6.07 Å². The van der Waals surface area contributed by atoms with Crippen molar-refractivity contribution in [2.75, 3.05) is 13.2 Å². The van der Waals surface area contributed by atoms with E-state index in [1.807, 2.05) is 19.1 Å². The topological polar surface area (TPSA) is 46.5 Å². The first kappa shape index (κ1) is 11.7. The molecule has 1 aromatic rings. The number of hydrogen-bond acceptors (Lipinski definition) is 3. The molecule has 3 heteroatoms. The van der Waals surface area contributed by atoms with E-state index >= 15 is 0 Å². The van der Waals surface area contributed by atoms with E-state index in [1.165, 1.54) is 6.92 Å². The van der Waals surface area contributed by atoms with E-state index in [0.29, 0.717) is 24.3 Å². The summed E-state index contributed by atoms with van der Waals surface area (Å²) < 4.78 is 5.41. The summed E-state index contributed by atoms with van der Waals surface area (Å²) in [7, 11) is 0. The molecule has 1 rings (SSSR count). The molecule has 15 heavy (non-hydrogen) atoms. The van der Waals surface area contributed by atoms with Gasteiger partial charge in [0.2, 0.25) is 0 Å². The number of rotatable bonds is 5. The summed E-state index contributed by atoms with van der Waals surface area (Å²) in [5.41, 5.74) is 1.64. The molecule has 0 atom stereocenters. The Morgan fingerprint density at radius 1 is 1.47 bits per heavy atom. The molecule has 0 amide bonds. The Kier molecular flexibility index (Phi) is 4.31. The number of ketones is 1. The van der Waals surface area contributed by atoms with Crippen LogP contribution in [-0.4, -0.2) is 24.1 Å². The zero-order valence-electron chi connectivity index (χ0n) is 9.12. The van der Waals surface area contributed by atoms with Crippen LogP contribution in [0.4, 0.5) is 0 Å². The first-order valence-corrected chi connectivity index (χ1v) is 5.00. The van der Waals surface area contributed by atoms with Crippen LogP contribution < -0.4 is 4.74 Å². The van der Waals surface area contributed by atoms with Gasteiger partial charge in [-0.25, -0.2) is 0 Å². The van der Waals surface area contributed by atoms with Crippen LogP contribution in [0.2, 0.25) is 0 Å². The number of aliphatic hydroxyl groups is 1. The molecule has 1 N–H and O–H groups in total. The van der Waals surface area contributed by atoms with Crippen molar-refractivity contribution in [2.24, 2.45) is 0 Å². The Hall–Kier alpha value is -1.35. The number of ether oxygens (including phenoxy) is 1. The van der Waals surface area contributed by atoms with Gasteiger partial charge in [0.1, 0.15) is 5.75 Å². The molecule has 0 aromatic heterocycles. The van der Waals surface area contributed by atoms with Crippen molar-refractivity contribution in [1.82, 2.24) is 0 Å². The summed E-state index contributed by atoms with van der Waals surface area (Å²) in [6.07, 6.45) is 0.575. The lowest BCUT2D eigenvalue weighted by molar-refractivity contribution is 0.101. The van der Waals surface area contributed by atoms with Crippen molar-refractivity contribution < 1.29 is 14.6 Å². The van der Waals surface area contributed by atoms with Gasteiger partial charge in [-0.2, -0.15) is 0 Å². The highest BCUT2D eigenvalue weighted by Crippen LogP contribution is 2.20. The molecule has 0 radical (unpaired) electrons. The third kappa shape index (κ3) is 3.36. The lowest BCUT2D eigenvalue weighted by Crippen LogP contribution is -2.04. The fourth-order valence-electron chi connectivity index (χ4n) is 1.29. The molecular formula is C12H16O3. The van der Waals surface area contributed by atoms with Gasteiger partial charge in [-0.1, -0.05) is 11.6 Å². The van der Waals surface area contributed by atoms with Crippen LogP contribution in [0.25, 0.3) is 0 Å². The van der Waals surface area contributed by atoms with Crippen LogP contribution in [0.1, 0.15) is 29.3 Å². The van der Waals surface area contributed by atoms with Crippen molar-refractivity contribution in [3.05, 3.63) is 29.3 Å². The third-order valence-corrected chi connectivity index (χ3v) is 2.07. The fraction of sp³-hybridized carbons (Fsp3) is 0.417. The minimum atomic E-state index is -0.00213. The fourth-order valence-corrected chi connectivity index (χ4v) is 1.29. The predicted molar refractivity (Wildman–Crippen MR) is 58.4 cm³/mol. The van der Waals surface area contributed by atoms with Gasteiger partial charge in [0.25, 0.3) is 0 Å². The van der Waals surface area contributed by atoms with Crippen LogP contribution in [0.15, 0.2) is 18.2 Å². The summed E-state index contributed by atoms with van der Waals surface area (Å²) in [6.45, 7) is 3.98. The van der Waals surface area contributed by atoms with Crippen molar-refractivity contribution in [1.29, 1.82) is 0 Å². The van der Waals surface area contributed by atoms with Crippen molar-refractivity contribution >= 4 is 5.78 Å². The van der Waals surface area contributed by atoms with Crippen molar-refractivity contribution in [2.45, 2.75) is 20.3 Å². The first-order chi connectivity index (χ1) is 7.15. The summed E-state index contributed by atoms with van der Waals surface area (Å²) >= 11 is 0. The Bertz CT molecular complexity index is 345. The van der Waals surface area contributed by atoms with Gasteiger partial charge in [0.05, 0.1) is 12.2 Å². The van der Waals surface area contributed by atoms with E-state index in [4.69, 9.17) is 9.84 Å². The van der Waals surface area contributed by atoms with Crippen LogP contribution in [0.5, 0.6) is 5.75 Å². The molecule has 82 valence electrons. The largest absolute Gasteiger partial charge is 0.493 e. The molecule has 0 bridgehead atoms. The SMILES string of the molecule is CC(=O)c1cc(C)ccc1OCCCO. The van der Waals surface area contributed by atoms with E-state index in [9.17, 15) is 4.79 Å². The van der Waals surface area contributed by atoms with Gasteiger partial charge < -0.3 is 9.84 Å². The van der Waals surface area contributed by atoms with Crippen LogP contribution >= 0.6 is 0 Å². The smallest absolute Gasteiger partial charge is 0.163 e. The van der Waals surface area contributed by atoms with E-state index < -0.39 is 0 Å². The summed E-state index contributed by atoms with van der Waals surface area (Å²) in [4.78, 5) is 11.3. The quantitative estimate of drug-likeness (QED) is 0.594. The monoisotopic (exact) mass is 208 g/mol. The zero-order valence-corrected chi connectivity index (χ0v) is 9.12. The van der Waals surface area contributed by atoms with E-state index in [2.05, 4.69) is 0 Å². The average molecular weight is 208 g/mol. The third-order valence-electron chi connectivity index (χ3n) is 2.07. The number of carbonyl (C=O) groups excluding carboxylic acids is 1. The lowest BCUT2D eigenvalue weighted by atomic mass is 10.1. The predicted octanol–water partition coefficient (Wildman–Crippen LogP) is 1.96. The van der Waals surface area contributed by atoms with Crippen molar-refractivity contribution in [3.8, 4) is 5.75 Å². The second-order valence-corrected chi connectivity index (χ2v) is 3.48. The normalized spacial score (nSPS) is 10.1. The highest BCUT2D eigenvalue weighted by Gasteiger charge is 2.08. The van der Waals surface area contributed by atoms with Crippen LogP contribution in [0, 0.1) is 6.92 Å². The van der Waals surface area contributed by atoms with Gasteiger partial charge in [0, 0.05) is 13.0 Å². The number of aliphatic hydroxyl groups excluding tert-OH is 1. The van der Waals surface area contributed by atoms with Crippen LogP contribution in [-0.2, 0) is 0 Å². The number of benzene rings is 1. The molecule has 3 nitrogen and oxygen atoms in total. The molecule has 0 aliphatic rings. The Balaban J connectivity index is 2.81. The highest BCUT2D eigenvalue weighted by molar-refractivity contribution is 5.97. The first-order valence-electron chi connectivity index (χ1n) is 5.00. The number of hydrogen-bond donors (Lipinski definition) is 1. The second-order valence-electron chi connectivity index (χ2n) is 3.48. The average Bonchev–Trinajstić information content (AvgIpc) is 2.20. The summed E-state index contributed by atoms with van der Waals surface area (Å²) in [6, 6.07) is 5.51. The van der Waals surface area contributed by atoms with Crippen molar-refractivity contribution in [3.63, 3.8) is 0 Å². The molecule has 0 saturated heterocycles. The standard InChI is InChI=1S/C12H16O3/c1-9-4-5-12(15-7-3-6-13)11(8-9)10(2)14/h4-5,8,13H,3,6-7H2,1-2H3. The molecule has 0 spiro atoms. The maximum absolute atomic E-state index is 11.3. The second kappa shape index (κ2) is 5.51. The summed E-state index contributed by atoms with van der Waals surface area (Å²) in [5.74, 6) is 0.597. The van der Waals surface area contributed by atoms with E-state index in [0.717, 1.165) is 5.56 Å². The molecule has 0 saturated carbocycles. The van der Waals surface area contributed by atoms with Gasteiger partial charge >= 0.3 is 0 Å². The van der Waals surface area contributed by atoms with Crippen LogP contribution in [0.3, 0.4) is 0 Å². The number of Topliss-reactive ketones (excluding diaryl/α,β-unsaturated/α-hetero) is 1. The maximum atomic E-state index is 11.3. The lowest BCUT2D eigenvalue weighted by Gasteiger charge is -2.09. The van der Waals surface area contributed by atoms with Gasteiger partial charge in [-0.15, -0.1) is 0 Å². The van der Waals surface area contributed by atoms with E-state index in [-0.39, 0.29) is 12.4 Å². The van der Waals surface area contributed by atoms with Gasteiger partial charge in [-0.05, 0) is 26.0 Å². The molecule has 0 unspecified atom stereocenters. The molecule has 0 aliphatic carbocycles. The molecule has 0 aliphatic heterocycles. The van der Waals surface area contributed by atoms with Gasteiger partial charge in [-0.3, -0.25) is 4.79 Å². The minimum Gasteiger partial charge on any atom is -0.493 e. The Labute approximate surface area is 89.7 Å². The van der Waals surface area contributed by atoms with Gasteiger partial charge in [0.15, 0.2) is 5.78 Å². The maximum Gasteiger partial charge on any atom is 0.163 e. The molecule has 0 fully saturated rings. The molecule has 1 aromatic carbocycles. The number of carbonyl (C=O) groups is 1. The molecule has 0 heterocycles.